The van der Waals surface area contributed by atoms with Crippen LogP contribution in [0, 0.1) is 5.41 Å². The normalized spacial score (nSPS) is 13.3. The molecule has 3 amide bonds. The number of nitrogens with zero attached hydrogens (tertiary/aromatic N) is 6. The molecule has 0 aliphatic heterocycles. The smallest absolute Gasteiger partial charge is 0.422 e. The zero-order valence-corrected chi connectivity index (χ0v) is 31.1. The highest BCUT2D eigenvalue weighted by Crippen LogP contribution is 2.48. The van der Waals surface area contributed by atoms with Gasteiger partial charge in [-0.25, -0.2) is 0 Å². The quantitative estimate of drug-likeness (QED) is 0.0879. The Morgan fingerprint density at radius 3 is 2.11 bits per heavy atom. The molecule has 1 saturated carbocycles. The molecule has 292 valence electrons. The summed E-state index contributed by atoms with van der Waals surface area (Å²) in [6, 6.07) is 19.7. The zero-order chi connectivity index (χ0) is 40.1. The van der Waals surface area contributed by atoms with Crippen LogP contribution in [-0.4, -0.2) is 73.3 Å². The maximum atomic E-state index is 13.0. The van der Waals surface area contributed by atoms with E-state index in [0.29, 0.717) is 27.8 Å². The van der Waals surface area contributed by atoms with Gasteiger partial charge >= 0.3 is 24.0 Å². The first-order valence-corrected chi connectivity index (χ1v) is 17.6. The van der Waals surface area contributed by atoms with E-state index in [1.165, 1.54) is 12.1 Å². The molecule has 3 aromatic carbocycles. The molecular formula is C37H37ClF3N11O4. The summed E-state index contributed by atoms with van der Waals surface area (Å²) in [6.07, 6.45) is -1.57. The molecule has 0 bridgehead atoms. The first-order valence-electron chi connectivity index (χ1n) is 17.3. The van der Waals surface area contributed by atoms with Crippen LogP contribution in [0.3, 0.4) is 0 Å². The molecule has 15 nitrogen and oxygen atoms in total. The third-order valence-corrected chi connectivity index (χ3v) is 8.91. The number of nitrogens with one attached hydrogen (secondary N) is 5. The monoisotopic (exact) mass is 791 g/mol. The van der Waals surface area contributed by atoms with Crippen molar-refractivity contribution < 1.29 is 32.3 Å². The van der Waals surface area contributed by atoms with E-state index in [4.69, 9.17) is 16.3 Å². The minimum absolute atomic E-state index is 0.00686. The summed E-state index contributed by atoms with van der Waals surface area (Å²) in [6.45, 7) is 2.29. The highest BCUT2D eigenvalue weighted by molar-refractivity contribution is 6.39. The van der Waals surface area contributed by atoms with Crippen LogP contribution >= 0.6 is 11.6 Å². The van der Waals surface area contributed by atoms with Crippen LogP contribution in [0.25, 0.3) is 11.4 Å². The fraction of sp³-hybridized carbons (Fsp3) is 0.297. The number of benzene rings is 3. The average molecular weight is 792 g/mol. The summed E-state index contributed by atoms with van der Waals surface area (Å²) in [5.41, 5.74) is 1.72. The van der Waals surface area contributed by atoms with Gasteiger partial charge in [-0.3, -0.25) is 14.4 Å². The number of halogens is 4. The van der Waals surface area contributed by atoms with Gasteiger partial charge < -0.3 is 35.9 Å². The Kier molecular flexibility index (Phi) is 11.4. The first kappa shape index (κ1) is 39.4. The maximum absolute atomic E-state index is 13.0. The first-order chi connectivity index (χ1) is 26.6. The minimum atomic E-state index is -4.61. The van der Waals surface area contributed by atoms with E-state index < -0.39 is 47.5 Å². The van der Waals surface area contributed by atoms with E-state index in [9.17, 15) is 27.6 Å². The second kappa shape index (κ2) is 16.2. The topological polar surface area (TPSA) is 190 Å². The lowest BCUT2D eigenvalue weighted by atomic mass is 9.93. The van der Waals surface area contributed by atoms with Crippen molar-refractivity contribution in [1.82, 2.24) is 40.3 Å². The zero-order valence-electron chi connectivity index (χ0n) is 30.4. The molecule has 5 N–H and O–H groups in total. The number of anilines is 4. The van der Waals surface area contributed by atoms with E-state index in [1.807, 2.05) is 33.0 Å². The Morgan fingerprint density at radius 1 is 0.839 bits per heavy atom. The van der Waals surface area contributed by atoms with Crippen molar-refractivity contribution in [2.24, 2.45) is 12.5 Å². The van der Waals surface area contributed by atoms with Crippen molar-refractivity contribution in [1.29, 1.82) is 0 Å². The lowest BCUT2D eigenvalue weighted by Crippen LogP contribution is -2.44. The summed E-state index contributed by atoms with van der Waals surface area (Å²) in [4.78, 5) is 50.5. The summed E-state index contributed by atoms with van der Waals surface area (Å²) >= 11 is 6.04. The van der Waals surface area contributed by atoms with E-state index in [-0.39, 0.29) is 25.0 Å². The van der Waals surface area contributed by atoms with Gasteiger partial charge in [-0.1, -0.05) is 37.6 Å². The van der Waals surface area contributed by atoms with Crippen molar-refractivity contribution in [2.45, 2.75) is 38.4 Å². The van der Waals surface area contributed by atoms with Gasteiger partial charge in [0.25, 0.3) is 5.91 Å². The second-order valence-electron chi connectivity index (χ2n) is 13.9. The van der Waals surface area contributed by atoms with Crippen molar-refractivity contribution >= 4 is 52.6 Å². The molecule has 19 heteroatoms. The summed E-state index contributed by atoms with van der Waals surface area (Å²) in [5, 5.41) is 22.6. The van der Waals surface area contributed by atoms with Crippen molar-refractivity contribution in [3.05, 3.63) is 95.3 Å². The van der Waals surface area contributed by atoms with Gasteiger partial charge in [0.05, 0.1) is 5.54 Å². The number of hydrogen-bond donors (Lipinski definition) is 5. The molecule has 1 aliphatic carbocycles. The molecule has 0 radical (unpaired) electrons. The Balaban J connectivity index is 1.01. The molecule has 0 atom stereocenters. The number of amides is 3. The molecule has 1 aliphatic rings. The largest absolute Gasteiger partial charge is 0.454 e. The minimum Gasteiger partial charge on any atom is -0.454 e. The van der Waals surface area contributed by atoms with Crippen molar-refractivity contribution in [3.8, 4) is 17.4 Å². The number of rotatable bonds is 14. The molecular weight excluding hydrogens is 755 g/mol. The van der Waals surface area contributed by atoms with Crippen LogP contribution in [-0.2, 0) is 22.2 Å². The van der Waals surface area contributed by atoms with E-state index in [1.54, 1.807) is 59.4 Å². The predicted molar refractivity (Wildman–Crippen MR) is 201 cm³/mol. The number of ether oxygens (including phenoxy) is 1. The van der Waals surface area contributed by atoms with Crippen LogP contribution in [0.2, 0.25) is 5.02 Å². The molecule has 0 unspecified atom stereocenters. The van der Waals surface area contributed by atoms with E-state index in [2.05, 4.69) is 51.7 Å². The Labute approximate surface area is 323 Å². The Morgan fingerprint density at radius 2 is 1.48 bits per heavy atom. The van der Waals surface area contributed by atoms with Crippen molar-refractivity contribution in [3.63, 3.8) is 0 Å². The number of alkyl halides is 3. The fourth-order valence-electron chi connectivity index (χ4n) is 5.43. The van der Waals surface area contributed by atoms with E-state index >= 15 is 0 Å². The molecule has 0 saturated heterocycles. The second-order valence-corrected chi connectivity index (χ2v) is 14.3. The van der Waals surface area contributed by atoms with Gasteiger partial charge in [-0.15, -0.1) is 10.2 Å². The number of aryl methyl sites for hydroxylation is 1. The van der Waals surface area contributed by atoms with Crippen LogP contribution in [0.4, 0.5) is 36.4 Å². The molecule has 1 fully saturated rings. The van der Waals surface area contributed by atoms with Crippen LogP contribution in [0.15, 0.2) is 79.1 Å². The lowest BCUT2D eigenvalue weighted by Gasteiger charge is -2.25. The van der Waals surface area contributed by atoms with Crippen LogP contribution in [0.1, 0.15) is 42.6 Å². The predicted octanol–water partition coefficient (Wildman–Crippen LogP) is 5.62. The van der Waals surface area contributed by atoms with Gasteiger partial charge in [0.15, 0.2) is 12.4 Å². The summed E-state index contributed by atoms with van der Waals surface area (Å²) in [7, 11) is 1.81. The SMILES string of the molecule is Cn1cnnc1-c1ccc(NC(=O)C(=O)NCC(C)(C)CNC(=O)c2ccc(Nc3nc(NC4(c5ccc(Cl)cc5)CC4)nc(OCC(F)(F)F)n3)cc2)cc1. The highest BCUT2D eigenvalue weighted by Gasteiger charge is 2.45. The number of hydrogen-bond acceptors (Lipinski definition) is 11. The van der Waals surface area contributed by atoms with Crippen LogP contribution < -0.4 is 31.3 Å². The summed E-state index contributed by atoms with van der Waals surface area (Å²) in [5.74, 6) is -1.50. The molecule has 2 aromatic heterocycles. The summed E-state index contributed by atoms with van der Waals surface area (Å²) < 4.78 is 45.5. The van der Waals surface area contributed by atoms with Gasteiger partial charge in [0.2, 0.25) is 11.9 Å². The number of carbonyl (C=O) groups excluding carboxylic acids is 3. The van der Waals surface area contributed by atoms with E-state index in [0.717, 1.165) is 24.0 Å². The standard InChI is InChI=1S/C37H37ClF3N11O4/c1-35(2,19-43-30(54)31(55)45-26-12-4-22(5-13-26)28-51-44-21-52(28)3)18-42-29(53)23-6-14-27(15-7-23)46-32-47-33(49-34(48-32)56-20-37(39,40)41)50-36(16-17-36)24-8-10-25(38)11-9-24/h4-15,21H,16-20H2,1-3H3,(H,42,53)(H,43,54)(H,45,55)(H2,46,47,48,49,50). The molecule has 6 rings (SSSR count). The van der Waals surface area contributed by atoms with Gasteiger partial charge in [0.1, 0.15) is 6.33 Å². The molecule has 2 heterocycles. The number of carbonyl (C=O) groups is 3. The Hall–Kier alpha value is -6.30. The molecule has 5 aromatic rings. The third-order valence-electron chi connectivity index (χ3n) is 8.65. The average Bonchev–Trinajstić information content (AvgIpc) is 3.81. The third kappa shape index (κ3) is 10.5. The highest BCUT2D eigenvalue weighted by atomic mass is 35.5. The molecule has 0 spiro atoms. The van der Waals surface area contributed by atoms with Gasteiger partial charge in [-0.2, -0.15) is 28.1 Å². The fourth-order valence-corrected chi connectivity index (χ4v) is 5.55. The molecule has 56 heavy (non-hydrogen) atoms. The number of aromatic nitrogens is 6. The van der Waals surface area contributed by atoms with Gasteiger partial charge in [0, 0.05) is 47.7 Å². The maximum Gasteiger partial charge on any atom is 0.422 e. The van der Waals surface area contributed by atoms with Crippen molar-refractivity contribution in [2.75, 3.05) is 35.6 Å². The van der Waals surface area contributed by atoms with Gasteiger partial charge in [-0.05, 0) is 84.5 Å². The Bertz CT molecular complexity index is 2190. The lowest BCUT2D eigenvalue weighted by molar-refractivity contribution is -0.154. The van der Waals surface area contributed by atoms with Crippen LogP contribution in [0.5, 0.6) is 6.01 Å².